The van der Waals surface area contributed by atoms with E-state index in [0.717, 1.165) is 16.9 Å². The minimum atomic E-state index is -0.270. The number of benzene rings is 1. The van der Waals surface area contributed by atoms with E-state index in [1.807, 2.05) is 51.1 Å². The summed E-state index contributed by atoms with van der Waals surface area (Å²) in [5, 5.41) is 5.53. The summed E-state index contributed by atoms with van der Waals surface area (Å²) < 4.78 is 0. The third kappa shape index (κ3) is 3.55. The first-order valence-corrected chi connectivity index (χ1v) is 6.12. The van der Waals surface area contributed by atoms with Gasteiger partial charge in [-0.2, -0.15) is 0 Å². The fourth-order valence-corrected chi connectivity index (χ4v) is 1.65. The quantitative estimate of drug-likeness (QED) is 0.860. The van der Waals surface area contributed by atoms with Gasteiger partial charge in [-0.05, 0) is 56.2 Å². The first-order valence-electron chi connectivity index (χ1n) is 6.12. The summed E-state index contributed by atoms with van der Waals surface area (Å²) in [5.74, 6) is 0. The predicted octanol–water partition coefficient (Wildman–Crippen LogP) is 3.65. The van der Waals surface area contributed by atoms with Gasteiger partial charge >= 0.3 is 6.03 Å². The van der Waals surface area contributed by atoms with E-state index < -0.39 is 0 Å². The summed E-state index contributed by atoms with van der Waals surface area (Å²) in [4.78, 5) is 15.9. The summed E-state index contributed by atoms with van der Waals surface area (Å²) in [6, 6.07) is 9.22. The molecule has 4 nitrogen and oxygen atoms in total. The standard InChI is InChI=1S/C15H17N3O/c1-10-4-6-13(8-11(10)2)17-15(19)18-14-7-5-12(3)16-9-14/h4-9H,1-3H3,(H2,17,18,19). The van der Waals surface area contributed by atoms with Crippen molar-refractivity contribution in [1.82, 2.24) is 4.98 Å². The van der Waals surface area contributed by atoms with Crippen molar-refractivity contribution in [2.75, 3.05) is 10.6 Å². The second-order valence-electron chi connectivity index (χ2n) is 4.57. The molecule has 2 rings (SSSR count). The van der Waals surface area contributed by atoms with Crippen LogP contribution in [0.5, 0.6) is 0 Å². The molecule has 2 N–H and O–H groups in total. The summed E-state index contributed by atoms with van der Waals surface area (Å²) in [7, 11) is 0. The fourth-order valence-electron chi connectivity index (χ4n) is 1.65. The molecule has 2 amide bonds. The molecule has 0 radical (unpaired) electrons. The van der Waals surface area contributed by atoms with Crippen LogP contribution in [0.1, 0.15) is 16.8 Å². The lowest BCUT2D eigenvalue weighted by atomic mass is 10.1. The summed E-state index contributed by atoms with van der Waals surface area (Å²) in [5.41, 5.74) is 4.72. The minimum absolute atomic E-state index is 0.270. The number of hydrogen-bond acceptors (Lipinski definition) is 2. The molecule has 0 atom stereocenters. The number of pyridine rings is 1. The van der Waals surface area contributed by atoms with Gasteiger partial charge in [0.25, 0.3) is 0 Å². The van der Waals surface area contributed by atoms with Crippen LogP contribution in [0.4, 0.5) is 16.2 Å². The van der Waals surface area contributed by atoms with Crippen LogP contribution in [0.2, 0.25) is 0 Å². The molecule has 4 heteroatoms. The van der Waals surface area contributed by atoms with Gasteiger partial charge < -0.3 is 10.6 Å². The number of rotatable bonds is 2. The molecule has 0 aliphatic carbocycles. The highest BCUT2D eigenvalue weighted by Crippen LogP contribution is 2.14. The van der Waals surface area contributed by atoms with E-state index in [9.17, 15) is 4.79 Å². The van der Waals surface area contributed by atoms with Crippen LogP contribution in [0.25, 0.3) is 0 Å². The van der Waals surface area contributed by atoms with Crippen LogP contribution < -0.4 is 10.6 Å². The summed E-state index contributed by atoms with van der Waals surface area (Å²) >= 11 is 0. The molecule has 0 fully saturated rings. The number of aromatic nitrogens is 1. The van der Waals surface area contributed by atoms with Crippen molar-refractivity contribution in [2.45, 2.75) is 20.8 Å². The van der Waals surface area contributed by atoms with Crippen molar-refractivity contribution in [1.29, 1.82) is 0 Å². The fraction of sp³-hybridized carbons (Fsp3) is 0.200. The number of carbonyl (C=O) groups excluding carboxylic acids is 1. The van der Waals surface area contributed by atoms with Crippen molar-refractivity contribution < 1.29 is 4.79 Å². The number of amides is 2. The first kappa shape index (κ1) is 13.1. The van der Waals surface area contributed by atoms with Crippen LogP contribution in [0.15, 0.2) is 36.5 Å². The topological polar surface area (TPSA) is 54.0 Å². The molecular weight excluding hydrogens is 238 g/mol. The van der Waals surface area contributed by atoms with Gasteiger partial charge in [-0.15, -0.1) is 0 Å². The van der Waals surface area contributed by atoms with Gasteiger partial charge in [0.05, 0.1) is 11.9 Å². The number of hydrogen-bond donors (Lipinski definition) is 2. The number of nitrogens with zero attached hydrogens (tertiary/aromatic N) is 1. The highest BCUT2D eigenvalue weighted by atomic mass is 16.2. The normalized spacial score (nSPS) is 10.1. The maximum Gasteiger partial charge on any atom is 0.323 e. The average Bonchev–Trinajstić information content (AvgIpc) is 2.37. The van der Waals surface area contributed by atoms with Gasteiger partial charge in [0.15, 0.2) is 0 Å². The Kier molecular flexibility index (Phi) is 3.80. The maximum atomic E-state index is 11.8. The Balaban J connectivity index is 2.01. The number of carbonyl (C=O) groups is 1. The van der Waals surface area contributed by atoms with Crippen molar-refractivity contribution in [3.63, 3.8) is 0 Å². The molecule has 1 aromatic heterocycles. The summed E-state index contributed by atoms with van der Waals surface area (Å²) in [6.45, 7) is 5.96. The molecule has 1 aromatic carbocycles. The van der Waals surface area contributed by atoms with Gasteiger partial charge in [0, 0.05) is 11.4 Å². The Morgan fingerprint density at radius 1 is 0.947 bits per heavy atom. The Hall–Kier alpha value is -2.36. The zero-order chi connectivity index (χ0) is 13.8. The third-order valence-electron chi connectivity index (χ3n) is 2.93. The van der Waals surface area contributed by atoms with Crippen LogP contribution in [-0.4, -0.2) is 11.0 Å². The summed E-state index contributed by atoms with van der Waals surface area (Å²) in [6.07, 6.45) is 1.63. The Morgan fingerprint density at radius 3 is 2.26 bits per heavy atom. The molecule has 0 aliphatic rings. The van der Waals surface area contributed by atoms with E-state index in [0.29, 0.717) is 5.69 Å². The Morgan fingerprint density at radius 2 is 1.63 bits per heavy atom. The lowest BCUT2D eigenvalue weighted by Gasteiger charge is -2.09. The molecule has 19 heavy (non-hydrogen) atoms. The van der Waals surface area contributed by atoms with Crippen molar-refractivity contribution in [3.05, 3.63) is 53.3 Å². The second-order valence-corrected chi connectivity index (χ2v) is 4.57. The Labute approximate surface area is 112 Å². The second kappa shape index (κ2) is 5.52. The molecule has 0 unspecified atom stereocenters. The molecule has 0 spiro atoms. The largest absolute Gasteiger partial charge is 0.323 e. The number of anilines is 2. The van der Waals surface area contributed by atoms with Crippen LogP contribution in [0.3, 0.4) is 0 Å². The molecule has 1 heterocycles. The minimum Gasteiger partial charge on any atom is -0.308 e. The van der Waals surface area contributed by atoms with Crippen molar-refractivity contribution in [3.8, 4) is 0 Å². The van der Waals surface area contributed by atoms with Crippen LogP contribution in [0, 0.1) is 20.8 Å². The number of urea groups is 1. The number of nitrogens with one attached hydrogen (secondary N) is 2. The molecule has 0 bridgehead atoms. The van der Waals surface area contributed by atoms with E-state index in [4.69, 9.17) is 0 Å². The highest BCUT2D eigenvalue weighted by molar-refractivity contribution is 5.99. The first-order chi connectivity index (χ1) is 9.04. The van der Waals surface area contributed by atoms with E-state index in [2.05, 4.69) is 15.6 Å². The molecule has 0 saturated heterocycles. The Bertz CT molecular complexity index is 591. The predicted molar refractivity (Wildman–Crippen MR) is 77.5 cm³/mol. The molecular formula is C15H17N3O. The monoisotopic (exact) mass is 255 g/mol. The van der Waals surface area contributed by atoms with E-state index in [1.165, 1.54) is 5.56 Å². The molecule has 0 aliphatic heterocycles. The molecule has 98 valence electrons. The van der Waals surface area contributed by atoms with Gasteiger partial charge in [0.1, 0.15) is 0 Å². The zero-order valence-corrected chi connectivity index (χ0v) is 11.3. The maximum absolute atomic E-state index is 11.8. The lowest BCUT2D eigenvalue weighted by molar-refractivity contribution is 0.262. The van der Waals surface area contributed by atoms with E-state index in [-0.39, 0.29) is 6.03 Å². The van der Waals surface area contributed by atoms with Gasteiger partial charge in [-0.25, -0.2) is 4.79 Å². The van der Waals surface area contributed by atoms with Gasteiger partial charge in [-0.1, -0.05) is 6.07 Å². The zero-order valence-electron chi connectivity index (χ0n) is 11.3. The van der Waals surface area contributed by atoms with E-state index in [1.54, 1.807) is 6.20 Å². The van der Waals surface area contributed by atoms with Gasteiger partial charge in [0.2, 0.25) is 0 Å². The van der Waals surface area contributed by atoms with Gasteiger partial charge in [-0.3, -0.25) is 4.98 Å². The van der Waals surface area contributed by atoms with Crippen LogP contribution in [-0.2, 0) is 0 Å². The van der Waals surface area contributed by atoms with Crippen molar-refractivity contribution >= 4 is 17.4 Å². The average molecular weight is 255 g/mol. The SMILES string of the molecule is Cc1ccc(NC(=O)Nc2ccc(C)c(C)c2)cn1. The van der Waals surface area contributed by atoms with E-state index >= 15 is 0 Å². The lowest BCUT2D eigenvalue weighted by Crippen LogP contribution is -2.19. The van der Waals surface area contributed by atoms with Crippen LogP contribution >= 0.6 is 0 Å². The third-order valence-corrected chi connectivity index (χ3v) is 2.93. The van der Waals surface area contributed by atoms with Crippen molar-refractivity contribution in [2.24, 2.45) is 0 Å². The molecule has 2 aromatic rings. The smallest absolute Gasteiger partial charge is 0.308 e. The number of aryl methyl sites for hydroxylation is 3. The highest BCUT2D eigenvalue weighted by Gasteiger charge is 2.03. The molecule has 0 saturated carbocycles.